The number of hydrogen-bond acceptors (Lipinski definition) is 5. The molecular weight excluding hydrogens is 579 g/mol. The Morgan fingerprint density at radius 1 is 0.978 bits per heavy atom. The first-order valence-corrected chi connectivity index (χ1v) is 17.3. The van der Waals surface area contributed by atoms with Crippen molar-refractivity contribution in [2.75, 3.05) is 26.2 Å². The maximum atomic E-state index is 14.4. The van der Waals surface area contributed by atoms with Crippen LogP contribution in [-0.4, -0.2) is 50.1 Å². The second-order valence-corrected chi connectivity index (χ2v) is 12.0. The van der Waals surface area contributed by atoms with Gasteiger partial charge in [-0.3, -0.25) is 9.59 Å². The van der Waals surface area contributed by atoms with Gasteiger partial charge < -0.3 is 26.0 Å². The standard InChI is InChI=1S/C24H37FN4O3.C11H16.C3H8/c1-4-8-19-14-27-17(3)16-32-23-18(10-6-12-20(23)25)11-7-13-26-24(31)21(9-5-2)29-22(30)15-28-19;1-4-5-11-7-6-9(2)8-10(11)3;1-3-2/h6,8,10,12,17,21,27-28H,4-5,7,9,11,13-16H2,1-3H3,(H,26,31)(H,29,30);6-8H,4-5H2,1-3H3;3H2,1-2H3/t17-,21?;;/m0../s1. The molecule has 2 aromatic carbocycles. The van der Waals surface area contributed by atoms with Gasteiger partial charge in [0, 0.05) is 24.8 Å². The van der Waals surface area contributed by atoms with Gasteiger partial charge in [-0.15, -0.1) is 0 Å². The first kappa shape index (κ1) is 40.6. The molecule has 0 aromatic heterocycles. The van der Waals surface area contributed by atoms with E-state index >= 15 is 0 Å². The van der Waals surface area contributed by atoms with Crippen molar-refractivity contribution >= 4 is 11.8 Å². The number of hydrogen-bond donors (Lipinski definition) is 4. The van der Waals surface area contributed by atoms with Crippen molar-refractivity contribution in [1.29, 1.82) is 0 Å². The van der Waals surface area contributed by atoms with Crippen LogP contribution >= 0.6 is 0 Å². The number of fused-ring (bicyclic) bond motifs is 1. The van der Waals surface area contributed by atoms with Crippen molar-refractivity contribution in [3.63, 3.8) is 0 Å². The van der Waals surface area contributed by atoms with E-state index in [0.29, 0.717) is 39.0 Å². The van der Waals surface area contributed by atoms with Crippen molar-refractivity contribution in [3.8, 4) is 5.75 Å². The third-order valence-electron chi connectivity index (χ3n) is 7.26. The largest absolute Gasteiger partial charge is 0.489 e. The third-order valence-corrected chi connectivity index (χ3v) is 7.26. The minimum atomic E-state index is -0.571. The van der Waals surface area contributed by atoms with Crippen LogP contribution in [0.4, 0.5) is 4.39 Å². The second-order valence-electron chi connectivity index (χ2n) is 12.0. The number of benzene rings is 2. The number of halogens is 1. The Hall–Kier alpha value is -3.39. The molecular formula is C38H61FN4O3. The zero-order valence-electron chi connectivity index (χ0n) is 29.8. The SMILES string of the molecule is CCC.CCC=C1CN[C@@H](C)COc2c(F)cccc2CCCNC(=O)C(CCC)NC(=O)CN1.CCCc1ccc(C)cc1C. The first-order chi connectivity index (χ1) is 22.1. The number of aryl methyl sites for hydroxylation is 4. The van der Waals surface area contributed by atoms with Crippen LogP contribution in [0, 0.1) is 19.7 Å². The summed E-state index contributed by atoms with van der Waals surface area (Å²) in [4.78, 5) is 25.0. The number of rotatable bonds is 5. The topological polar surface area (TPSA) is 91.5 Å². The van der Waals surface area contributed by atoms with Gasteiger partial charge in [-0.1, -0.05) is 95.9 Å². The number of ether oxygens (including phenoxy) is 1. The summed E-state index contributed by atoms with van der Waals surface area (Å²) in [5.74, 6) is -0.529. The van der Waals surface area contributed by atoms with Gasteiger partial charge in [0.1, 0.15) is 12.6 Å². The highest BCUT2D eigenvalue weighted by atomic mass is 19.1. The fraction of sp³-hybridized carbons (Fsp3) is 0.579. The van der Waals surface area contributed by atoms with Crippen molar-refractivity contribution in [2.24, 2.45) is 0 Å². The predicted octanol–water partition coefficient (Wildman–Crippen LogP) is 7.09. The molecule has 258 valence electrons. The van der Waals surface area contributed by atoms with Gasteiger partial charge in [-0.2, -0.15) is 0 Å². The van der Waals surface area contributed by atoms with Gasteiger partial charge in [-0.05, 0) is 75.6 Å². The van der Waals surface area contributed by atoms with Crippen molar-refractivity contribution in [2.45, 2.75) is 119 Å². The molecule has 1 aliphatic heterocycles. The molecule has 2 atom stereocenters. The molecule has 2 amide bonds. The number of para-hydroxylation sites is 1. The fourth-order valence-electron chi connectivity index (χ4n) is 4.92. The molecule has 0 saturated carbocycles. The van der Waals surface area contributed by atoms with Crippen LogP contribution in [0.25, 0.3) is 0 Å². The molecule has 3 rings (SSSR count). The summed E-state index contributed by atoms with van der Waals surface area (Å²) in [6.45, 7) is 18.1. The Morgan fingerprint density at radius 2 is 1.72 bits per heavy atom. The zero-order chi connectivity index (χ0) is 34.3. The first-order valence-electron chi connectivity index (χ1n) is 17.3. The number of carbonyl (C=O) groups is 2. The molecule has 1 unspecified atom stereocenters. The molecule has 0 fully saturated rings. The Bertz CT molecular complexity index is 1200. The van der Waals surface area contributed by atoms with E-state index in [1.807, 2.05) is 32.9 Å². The summed E-state index contributed by atoms with van der Waals surface area (Å²) >= 11 is 0. The van der Waals surface area contributed by atoms with Crippen LogP contribution in [0.1, 0.15) is 102 Å². The molecule has 0 aliphatic carbocycles. The average Bonchev–Trinajstić information content (AvgIpc) is 3.01. The smallest absolute Gasteiger partial charge is 0.242 e. The van der Waals surface area contributed by atoms with E-state index in [4.69, 9.17) is 4.74 Å². The average molecular weight is 641 g/mol. The van der Waals surface area contributed by atoms with Gasteiger partial charge in [-0.25, -0.2) is 4.39 Å². The predicted molar refractivity (Wildman–Crippen MR) is 190 cm³/mol. The van der Waals surface area contributed by atoms with Gasteiger partial charge in [0.05, 0.1) is 6.54 Å². The Kier molecular flexibility index (Phi) is 21.1. The molecule has 0 saturated heterocycles. The van der Waals surface area contributed by atoms with Crippen LogP contribution in [0.2, 0.25) is 0 Å². The van der Waals surface area contributed by atoms with Crippen molar-refractivity contribution < 1.29 is 18.7 Å². The lowest BCUT2D eigenvalue weighted by Gasteiger charge is -2.21. The Balaban J connectivity index is 0.000000625. The highest BCUT2D eigenvalue weighted by molar-refractivity contribution is 5.88. The lowest BCUT2D eigenvalue weighted by molar-refractivity contribution is -0.128. The number of amides is 2. The van der Waals surface area contributed by atoms with E-state index < -0.39 is 6.04 Å². The van der Waals surface area contributed by atoms with E-state index in [-0.39, 0.29) is 36.0 Å². The molecule has 4 N–H and O–H groups in total. The molecule has 7 nitrogen and oxygen atoms in total. The molecule has 1 aliphatic rings. The Morgan fingerprint density at radius 3 is 2.37 bits per heavy atom. The van der Waals surface area contributed by atoms with Crippen molar-refractivity contribution in [1.82, 2.24) is 21.3 Å². The highest BCUT2D eigenvalue weighted by Gasteiger charge is 2.20. The quantitative estimate of drug-likeness (QED) is 0.280. The summed E-state index contributed by atoms with van der Waals surface area (Å²) < 4.78 is 20.2. The molecule has 0 radical (unpaired) electrons. The maximum absolute atomic E-state index is 14.4. The third kappa shape index (κ3) is 16.3. The lowest BCUT2D eigenvalue weighted by atomic mass is 10.0. The summed E-state index contributed by atoms with van der Waals surface area (Å²) in [5, 5.41) is 12.2. The lowest BCUT2D eigenvalue weighted by Crippen LogP contribution is -2.49. The van der Waals surface area contributed by atoms with Crippen LogP contribution in [0.5, 0.6) is 5.75 Å². The van der Waals surface area contributed by atoms with Crippen LogP contribution < -0.4 is 26.0 Å². The van der Waals surface area contributed by atoms with Crippen molar-refractivity contribution in [3.05, 3.63) is 76.2 Å². The van der Waals surface area contributed by atoms with E-state index in [9.17, 15) is 14.0 Å². The summed E-state index contributed by atoms with van der Waals surface area (Å²) in [5.41, 5.74) is 5.96. The van der Waals surface area contributed by atoms with Gasteiger partial charge in [0.25, 0.3) is 0 Å². The molecule has 2 aromatic rings. The van der Waals surface area contributed by atoms with E-state index in [1.165, 1.54) is 42.0 Å². The van der Waals surface area contributed by atoms with Gasteiger partial charge in [0.15, 0.2) is 11.6 Å². The molecule has 0 spiro atoms. The second kappa shape index (κ2) is 23.9. The normalized spacial score (nSPS) is 18.8. The summed E-state index contributed by atoms with van der Waals surface area (Å²) in [6, 6.07) is 11.0. The number of nitrogens with one attached hydrogen (secondary N) is 4. The molecule has 0 bridgehead atoms. The monoisotopic (exact) mass is 640 g/mol. The minimum absolute atomic E-state index is 0.0227. The molecule has 1 heterocycles. The summed E-state index contributed by atoms with van der Waals surface area (Å²) in [6.07, 6.45) is 9.09. The minimum Gasteiger partial charge on any atom is -0.489 e. The maximum Gasteiger partial charge on any atom is 0.242 e. The highest BCUT2D eigenvalue weighted by Crippen LogP contribution is 2.24. The fourth-order valence-corrected chi connectivity index (χ4v) is 4.92. The van der Waals surface area contributed by atoms with Crippen LogP contribution in [0.15, 0.2) is 48.2 Å². The molecule has 8 heteroatoms. The number of carbonyl (C=O) groups excluding carboxylic acids is 2. The molecule has 46 heavy (non-hydrogen) atoms. The zero-order valence-corrected chi connectivity index (χ0v) is 29.8. The number of allylic oxidation sites excluding steroid dienone is 1. The van der Waals surface area contributed by atoms with Crippen LogP contribution in [-0.2, 0) is 22.4 Å². The van der Waals surface area contributed by atoms with Crippen LogP contribution in [0.3, 0.4) is 0 Å². The van der Waals surface area contributed by atoms with Gasteiger partial charge >= 0.3 is 0 Å². The Labute approximate surface area is 278 Å². The van der Waals surface area contributed by atoms with Gasteiger partial charge in [0.2, 0.25) is 11.8 Å². The van der Waals surface area contributed by atoms with E-state index in [0.717, 1.165) is 24.1 Å². The van der Waals surface area contributed by atoms with E-state index in [2.05, 4.69) is 74.1 Å². The summed E-state index contributed by atoms with van der Waals surface area (Å²) in [7, 11) is 0. The van der Waals surface area contributed by atoms with E-state index in [1.54, 1.807) is 6.07 Å².